The molecule has 1 aliphatic rings. The van der Waals surface area contributed by atoms with Gasteiger partial charge in [0.15, 0.2) is 11.7 Å². The van der Waals surface area contributed by atoms with Gasteiger partial charge in [-0.3, -0.25) is 14.5 Å². The Labute approximate surface area is 213 Å². The van der Waals surface area contributed by atoms with E-state index in [-0.39, 0.29) is 30.9 Å². The van der Waals surface area contributed by atoms with Gasteiger partial charge in [-0.1, -0.05) is 54.6 Å². The smallest absolute Gasteiger partial charge is 0.266 e. The van der Waals surface area contributed by atoms with Gasteiger partial charge in [-0.05, 0) is 36.4 Å². The van der Waals surface area contributed by atoms with E-state index < -0.39 is 0 Å². The molecule has 0 bridgehead atoms. The minimum atomic E-state index is -0.201. The molecule has 5 rings (SSSR count). The van der Waals surface area contributed by atoms with E-state index in [2.05, 4.69) is 10.3 Å². The summed E-state index contributed by atoms with van der Waals surface area (Å²) in [6, 6.07) is 23.0. The molecule has 4 aromatic rings. The van der Waals surface area contributed by atoms with Gasteiger partial charge >= 0.3 is 0 Å². The number of benzene rings is 3. The van der Waals surface area contributed by atoms with Gasteiger partial charge in [0.25, 0.3) is 5.91 Å². The van der Waals surface area contributed by atoms with Crippen molar-refractivity contribution in [1.82, 2.24) is 4.98 Å². The molecule has 1 atom stereocenters. The topological polar surface area (TPSA) is 80.8 Å². The monoisotopic (exact) mass is 501 g/mol. The third kappa shape index (κ3) is 5.90. The zero-order chi connectivity index (χ0) is 24.7. The fourth-order valence-corrected chi connectivity index (χ4v) is 5.06. The molecular formula is C28H27N3O4S. The molecule has 1 N–H and O–H groups in total. The van der Waals surface area contributed by atoms with Gasteiger partial charge in [0.05, 0.1) is 24.8 Å². The number of anilines is 2. The number of rotatable bonds is 9. The number of carbonyl (C=O) groups excluding carboxylic acids is 2. The van der Waals surface area contributed by atoms with Crippen LogP contribution in [0.1, 0.15) is 18.5 Å². The summed E-state index contributed by atoms with van der Waals surface area (Å²) in [5.41, 5.74) is 1.35. The molecule has 3 aromatic carbocycles. The Bertz CT molecular complexity index is 1330. The first-order valence-electron chi connectivity index (χ1n) is 12.0. The maximum absolute atomic E-state index is 13.3. The zero-order valence-corrected chi connectivity index (χ0v) is 20.6. The van der Waals surface area contributed by atoms with E-state index in [1.165, 1.54) is 11.3 Å². The third-order valence-electron chi connectivity index (χ3n) is 5.98. The number of fused-ring (bicyclic) bond motifs is 1. The lowest BCUT2D eigenvalue weighted by Crippen LogP contribution is -2.40. The Hall–Kier alpha value is -3.75. The van der Waals surface area contributed by atoms with E-state index in [9.17, 15) is 9.59 Å². The van der Waals surface area contributed by atoms with E-state index in [1.54, 1.807) is 4.90 Å². The molecule has 0 radical (unpaired) electrons. The van der Waals surface area contributed by atoms with Crippen LogP contribution in [0.2, 0.25) is 0 Å². The molecule has 8 heteroatoms. The van der Waals surface area contributed by atoms with Gasteiger partial charge in [0.2, 0.25) is 5.91 Å². The lowest BCUT2D eigenvalue weighted by Gasteiger charge is -2.23. The zero-order valence-electron chi connectivity index (χ0n) is 19.8. The van der Waals surface area contributed by atoms with Crippen LogP contribution < -0.4 is 15.0 Å². The Morgan fingerprint density at radius 3 is 2.69 bits per heavy atom. The molecule has 36 heavy (non-hydrogen) atoms. The SMILES string of the molecule is O=C(Cc1csc(N(CC2CCCO2)C(=O)COc2cccc3ccccc23)n1)Nc1ccccc1. The van der Waals surface area contributed by atoms with Crippen molar-refractivity contribution < 1.29 is 19.1 Å². The molecule has 184 valence electrons. The number of para-hydroxylation sites is 1. The fourth-order valence-electron chi connectivity index (χ4n) is 4.21. The van der Waals surface area contributed by atoms with Crippen LogP contribution >= 0.6 is 11.3 Å². The van der Waals surface area contributed by atoms with Crippen LogP contribution in [0.5, 0.6) is 5.75 Å². The number of hydrogen-bond acceptors (Lipinski definition) is 6. The average Bonchev–Trinajstić information content (AvgIpc) is 3.58. The van der Waals surface area contributed by atoms with Crippen molar-refractivity contribution in [3.8, 4) is 5.75 Å². The second-order valence-corrected chi connectivity index (χ2v) is 9.45. The van der Waals surface area contributed by atoms with Crippen molar-refractivity contribution in [1.29, 1.82) is 0 Å². The predicted molar refractivity (Wildman–Crippen MR) is 142 cm³/mol. The largest absolute Gasteiger partial charge is 0.483 e. The highest BCUT2D eigenvalue weighted by atomic mass is 32.1. The van der Waals surface area contributed by atoms with Crippen molar-refractivity contribution >= 4 is 44.7 Å². The summed E-state index contributed by atoms with van der Waals surface area (Å²) >= 11 is 1.34. The number of ether oxygens (including phenoxy) is 2. The van der Waals surface area contributed by atoms with E-state index >= 15 is 0 Å². The molecular weight excluding hydrogens is 474 g/mol. The van der Waals surface area contributed by atoms with E-state index in [1.807, 2.05) is 78.2 Å². The first-order valence-corrected chi connectivity index (χ1v) is 12.9. The van der Waals surface area contributed by atoms with Crippen molar-refractivity contribution in [3.05, 3.63) is 83.9 Å². The normalized spacial score (nSPS) is 15.1. The number of hydrogen-bond donors (Lipinski definition) is 1. The van der Waals surface area contributed by atoms with Crippen molar-refractivity contribution in [2.75, 3.05) is 30.0 Å². The Morgan fingerprint density at radius 2 is 1.86 bits per heavy atom. The summed E-state index contributed by atoms with van der Waals surface area (Å²) in [6.07, 6.45) is 1.95. The molecule has 7 nitrogen and oxygen atoms in total. The number of aromatic nitrogens is 1. The first kappa shape index (κ1) is 24.0. The highest BCUT2D eigenvalue weighted by Crippen LogP contribution is 2.27. The summed E-state index contributed by atoms with van der Waals surface area (Å²) < 4.78 is 11.8. The minimum Gasteiger partial charge on any atom is -0.483 e. The molecule has 0 spiro atoms. The average molecular weight is 502 g/mol. The molecule has 0 aliphatic carbocycles. The number of thiazole rings is 1. The van der Waals surface area contributed by atoms with Gasteiger partial charge in [0.1, 0.15) is 5.75 Å². The Morgan fingerprint density at radius 1 is 1.06 bits per heavy atom. The summed E-state index contributed by atoms with van der Waals surface area (Å²) in [4.78, 5) is 32.1. The molecule has 1 aliphatic heterocycles. The highest BCUT2D eigenvalue weighted by Gasteiger charge is 2.26. The summed E-state index contributed by atoms with van der Waals surface area (Å²) in [6.45, 7) is 0.979. The second kappa shape index (κ2) is 11.3. The van der Waals surface area contributed by atoms with Crippen molar-refractivity contribution in [3.63, 3.8) is 0 Å². The molecule has 2 heterocycles. The van der Waals surface area contributed by atoms with Gasteiger partial charge in [-0.25, -0.2) is 4.98 Å². The van der Waals surface area contributed by atoms with Crippen LogP contribution in [0.4, 0.5) is 10.8 Å². The third-order valence-corrected chi connectivity index (χ3v) is 6.89. The summed E-state index contributed by atoms with van der Waals surface area (Å²) in [5.74, 6) is 0.304. The lowest BCUT2D eigenvalue weighted by molar-refractivity contribution is -0.121. The molecule has 0 saturated carbocycles. The summed E-state index contributed by atoms with van der Waals surface area (Å²) in [5, 5.41) is 7.24. The van der Waals surface area contributed by atoms with Gasteiger partial charge in [-0.2, -0.15) is 0 Å². The van der Waals surface area contributed by atoms with Crippen molar-refractivity contribution in [2.24, 2.45) is 0 Å². The van der Waals surface area contributed by atoms with E-state index in [0.29, 0.717) is 29.7 Å². The lowest BCUT2D eigenvalue weighted by atomic mass is 10.1. The molecule has 1 fully saturated rings. The number of nitrogens with zero attached hydrogens (tertiary/aromatic N) is 2. The van der Waals surface area contributed by atoms with Crippen LogP contribution in [0.3, 0.4) is 0 Å². The second-order valence-electron chi connectivity index (χ2n) is 8.62. The number of carbonyl (C=O) groups is 2. The quantitative estimate of drug-likeness (QED) is 0.346. The molecule has 1 aromatic heterocycles. The molecule has 1 saturated heterocycles. The fraction of sp³-hybridized carbons (Fsp3) is 0.250. The van der Waals surface area contributed by atoms with Gasteiger partial charge in [-0.15, -0.1) is 11.3 Å². The van der Waals surface area contributed by atoms with Crippen LogP contribution in [-0.2, 0) is 20.7 Å². The van der Waals surface area contributed by atoms with Gasteiger partial charge < -0.3 is 14.8 Å². The van der Waals surface area contributed by atoms with E-state index in [0.717, 1.165) is 29.3 Å². The highest BCUT2D eigenvalue weighted by molar-refractivity contribution is 7.14. The van der Waals surface area contributed by atoms with Gasteiger partial charge in [0, 0.05) is 23.1 Å². The van der Waals surface area contributed by atoms with Crippen molar-refractivity contribution in [2.45, 2.75) is 25.4 Å². The first-order chi connectivity index (χ1) is 17.7. The minimum absolute atomic E-state index is 0.0414. The standard InChI is InChI=1S/C28H27N3O4S/c32-26(29-21-10-2-1-3-11-21)16-22-19-36-28(30-22)31(17-23-12-7-15-34-23)27(33)18-35-25-14-6-9-20-8-4-5-13-24(20)25/h1-6,8-11,13-14,19,23H,7,12,15-18H2,(H,29,32). The maximum atomic E-state index is 13.3. The number of amides is 2. The van der Waals surface area contributed by atoms with Crippen LogP contribution in [0.25, 0.3) is 10.8 Å². The molecule has 1 unspecified atom stereocenters. The maximum Gasteiger partial charge on any atom is 0.266 e. The molecule has 2 amide bonds. The van der Waals surface area contributed by atoms with Crippen LogP contribution in [0.15, 0.2) is 78.2 Å². The van der Waals surface area contributed by atoms with Crippen LogP contribution in [-0.4, -0.2) is 42.7 Å². The Balaban J connectivity index is 1.28. The van der Waals surface area contributed by atoms with E-state index in [4.69, 9.17) is 9.47 Å². The Kier molecular flexibility index (Phi) is 7.54. The number of nitrogens with one attached hydrogen (secondary N) is 1. The summed E-state index contributed by atoms with van der Waals surface area (Å²) in [7, 11) is 0. The predicted octanol–water partition coefficient (Wildman–Crippen LogP) is 5.07. The van der Waals surface area contributed by atoms with Crippen LogP contribution in [0, 0.1) is 0 Å².